The van der Waals surface area contributed by atoms with E-state index in [1.807, 2.05) is 6.20 Å². The van der Waals surface area contributed by atoms with Crippen LogP contribution in [-0.4, -0.2) is 19.3 Å². The van der Waals surface area contributed by atoms with Gasteiger partial charge in [-0.2, -0.15) is 5.10 Å². The van der Waals surface area contributed by atoms with Crippen molar-refractivity contribution in [1.29, 1.82) is 0 Å². The fourth-order valence-electron chi connectivity index (χ4n) is 7.67. The van der Waals surface area contributed by atoms with Gasteiger partial charge in [0.2, 0.25) is 0 Å². The van der Waals surface area contributed by atoms with E-state index in [9.17, 15) is 0 Å². The molecule has 5 heteroatoms. The summed E-state index contributed by atoms with van der Waals surface area (Å²) in [5.41, 5.74) is 14.2. The molecule has 3 heterocycles. The van der Waals surface area contributed by atoms with Gasteiger partial charge in [0.15, 0.2) is 0 Å². The van der Waals surface area contributed by atoms with Crippen LogP contribution in [0.5, 0.6) is 11.5 Å². The van der Waals surface area contributed by atoms with Gasteiger partial charge in [0, 0.05) is 40.4 Å². The Balaban J connectivity index is 1.34. The molecule has 0 aliphatic rings. The highest BCUT2D eigenvalue weighted by molar-refractivity contribution is 6.09. The van der Waals surface area contributed by atoms with Crippen molar-refractivity contribution in [2.75, 3.05) is 0 Å². The van der Waals surface area contributed by atoms with E-state index in [-0.39, 0.29) is 10.8 Å². The van der Waals surface area contributed by atoms with Crippen molar-refractivity contribution in [2.24, 2.45) is 0 Å². The highest BCUT2D eigenvalue weighted by Gasteiger charge is 2.24. The van der Waals surface area contributed by atoms with Gasteiger partial charge in [0.1, 0.15) is 17.3 Å². The summed E-state index contributed by atoms with van der Waals surface area (Å²) < 4.78 is 11.2. The molecule has 0 radical (unpaired) electrons. The molecule has 4 aromatic carbocycles. The standard InChI is InChI=1S/C47H52N4O/c1-12-15-33-20-21-48-43(24-33)50-41-17-14-13-16-39(41)40-19-18-37(28-42(40)50)52-38-26-35(47(9,10)11)25-36(27-38)51-32(5)45(31(4)49-51)44-29(2)22-34(23-30(44)3)46(6,7)8/h13-14,16-28H,12,15H2,1-11H3. The van der Waals surface area contributed by atoms with Crippen molar-refractivity contribution in [3.8, 4) is 34.1 Å². The highest BCUT2D eigenvalue weighted by atomic mass is 16.5. The van der Waals surface area contributed by atoms with Gasteiger partial charge in [-0.15, -0.1) is 0 Å². The van der Waals surface area contributed by atoms with E-state index in [1.165, 1.54) is 49.7 Å². The van der Waals surface area contributed by atoms with Gasteiger partial charge in [0.25, 0.3) is 0 Å². The number of benzene rings is 4. The Morgan fingerprint density at radius 3 is 2.02 bits per heavy atom. The molecule has 0 spiro atoms. The molecule has 3 aromatic heterocycles. The molecule has 0 aliphatic carbocycles. The third kappa shape index (κ3) is 6.42. The molecule has 0 amide bonds. The van der Waals surface area contributed by atoms with E-state index in [0.717, 1.165) is 58.3 Å². The quantitative estimate of drug-likeness (QED) is 0.167. The van der Waals surface area contributed by atoms with Crippen molar-refractivity contribution in [1.82, 2.24) is 19.3 Å². The zero-order valence-electron chi connectivity index (χ0n) is 32.8. The molecule has 0 aliphatic heterocycles. The minimum Gasteiger partial charge on any atom is -0.457 e. The number of para-hydroxylation sites is 1. The average molecular weight is 689 g/mol. The first-order valence-electron chi connectivity index (χ1n) is 18.6. The van der Waals surface area contributed by atoms with Gasteiger partial charge < -0.3 is 4.74 Å². The maximum atomic E-state index is 6.80. The molecule has 52 heavy (non-hydrogen) atoms. The Bertz CT molecular complexity index is 2440. The number of ether oxygens (including phenoxy) is 1. The highest BCUT2D eigenvalue weighted by Crippen LogP contribution is 2.40. The second-order valence-electron chi connectivity index (χ2n) is 16.6. The van der Waals surface area contributed by atoms with Crippen LogP contribution in [0.2, 0.25) is 0 Å². The van der Waals surface area contributed by atoms with Crippen molar-refractivity contribution in [3.05, 3.63) is 130 Å². The zero-order chi connectivity index (χ0) is 37.1. The summed E-state index contributed by atoms with van der Waals surface area (Å²) in [6.45, 7) is 24.6. The summed E-state index contributed by atoms with van der Waals surface area (Å²) >= 11 is 0. The first-order chi connectivity index (χ1) is 24.6. The number of nitrogens with zero attached hydrogens (tertiary/aromatic N) is 4. The summed E-state index contributed by atoms with van der Waals surface area (Å²) in [6.07, 6.45) is 4.04. The Kier molecular flexibility index (Phi) is 8.89. The van der Waals surface area contributed by atoms with Gasteiger partial charge in [-0.25, -0.2) is 9.67 Å². The summed E-state index contributed by atoms with van der Waals surface area (Å²) in [6, 6.07) is 30.5. The molecular weight excluding hydrogens is 637 g/mol. The summed E-state index contributed by atoms with van der Waals surface area (Å²) in [5.74, 6) is 2.48. The number of rotatable bonds is 7. The van der Waals surface area contributed by atoms with Crippen LogP contribution in [0, 0.1) is 27.7 Å². The lowest BCUT2D eigenvalue weighted by molar-refractivity contribution is 0.478. The molecule has 0 bridgehead atoms. The third-order valence-electron chi connectivity index (χ3n) is 10.4. The topological polar surface area (TPSA) is 44.9 Å². The summed E-state index contributed by atoms with van der Waals surface area (Å²) in [7, 11) is 0. The molecule has 0 saturated heterocycles. The SMILES string of the molecule is CCCc1ccnc(-n2c3ccccc3c3ccc(Oc4cc(-n5nc(C)c(-c6c(C)cc(C(C)(C)C)cc6C)c5C)cc(C(C)(C)C)c4)cc32)c1. The van der Waals surface area contributed by atoms with Gasteiger partial charge in [0.05, 0.1) is 22.4 Å². The lowest BCUT2D eigenvalue weighted by Gasteiger charge is -2.23. The average Bonchev–Trinajstić information content (AvgIpc) is 3.56. The van der Waals surface area contributed by atoms with E-state index < -0.39 is 0 Å². The van der Waals surface area contributed by atoms with Crippen LogP contribution in [-0.2, 0) is 17.3 Å². The van der Waals surface area contributed by atoms with Crippen molar-refractivity contribution in [2.45, 2.75) is 99.8 Å². The maximum Gasteiger partial charge on any atom is 0.137 e. The van der Waals surface area contributed by atoms with Gasteiger partial charge in [-0.05, 0) is 121 Å². The normalized spacial score (nSPS) is 12.3. The molecule has 0 N–H and O–H groups in total. The second kappa shape index (κ2) is 13.1. The lowest BCUT2D eigenvalue weighted by atomic mass is 9.82. The van der Waals surface area contributed by atoms with Crippen LogP contribution >= 0.6 is 0 Å². The smallest absolute Gasteiger partial charge is 0.137 e. The molecular formula is C47H52N4O. The number of pyridine rings is 1. The molecule has 266 valence electrons. The molecule has 0 saturated carbocycles. The molecule has 7 aromatic rings. The van der Waals surface area contributed by atoms with Crippen LogP contribution in [0.1, 0.15) is 94.1 Å². The van der Waals surface area contributed by atoms with Crippen molar-refractivity contribution >= 4 is 21.8 Å². The number of hydrogen-bond acceptors (Lipinski definition) is 3. The van der Waals surface area contributed by atoms with Crippen LogP contribution in [0.3, 0.4) is 0 Å². The van der Waals surface area contributed by atoms with Crippen molar-refractivity contribution < 1.29 is 4.74 Å². The van der Waals surface area contributed by atoms with E-state index in [2.05, 4.69) is 170 Å². The zero-order valence-corrected chi connectivity index (χ0v) is 32.8. The van der Waals surface area contributed by atoms with Crippen LogP contribution in [0.25, 0.3) is 44.4 Å². The van der Waals surface area contributed by atoms with Crippen LogP contribution in [0.4, 0.5) is 0 Å². The van der Waals surface area contributed by atoms with Gasteiger partial charge in [-0.3, -0.25) is 4.57 Å². The number of hydrogen-bond donors (Lipinski definition) is 0. The Morgan fingerprint density at radius 1 is 0.654 bits per heavy atom. The summed E-state index contributed by atoms with van der Waals surface area (Å²) in [4.78, 5) is 4.84. The predicted octanol–water partition coefficient (Wildman–Crippen LogP) is 12.6. The second-order valence-corrected chi connectivity index (χ2v) is 16.6. The largest absolute Gasteiger partial charge is 0.457 e. The van der Waals surface area contributed by atoms with Crippen LogP contribution in [0.15, 0.2) is 91.1 Å². The molecule has 7 rings (SSSR count). The lowest BCUT2D eigenvalue weighted by Crippen LogP contribution is -2.13. The molecule has 5 nitrogen and oxygen atoms in total. The Labute approximate surface area is 309 Å². The van der Waals surface area contributed by atoms with Gasteiger partial charge in [-0.1, -0.05) is 85.2 Å². The number of aromatic nitrogens is 4. The molecule has 0 atom stereocenters. The fraction of sp³-hybridized carbons (Fsp3) is 0.319. The maximum absolute atomic E-state index is 6.80. The predicted molar refractivity (Wildman–Crippen MR) is 218 cm³/mol. The third-order valence-corrected chi connectivity index (χ3v) is 10.4. The molecule has 0 fully saturated rings. The van der Waals surface area contributed by atoms with E-state index >= 15 is 0 Å². The first-order valence-corrected chi connectivity index (χ1v) is 18.6. The minimum atomic E-state index is -0.103. The number of aryl methyl sites for hydroxylation is 4. The fourth-order valence-corrected chi connectivity index (χ4v) is 7.67. The monoisotopic (exact) mass is 688 g/mol. The van der Waals surface area contributed by atoms with E-state index in [4.69, 9.17) is 14.8 Å². The first kappa shape index (κ1) is 35.3. The van der Waals surface area contributed by atoms with E-state index in [1.54, 1.807) is 0 Å². The van der Waals surface area contributed by atoms with Gasteiger partial charge >= 0.3 is 0 Å². The van der Waals surface area contributed by atoms with Crippen LogP contribution < -0.4 is 4.74 Å². The molecule has 0 unspecified atom stereocenters. The minimum absolute atomic E-state index is 0.0871. The van der Waals surface area contributed by atoms with Crippen molar-refractivity contribution in [3.63, 3.8) is 0 Å². The van der Waals surface area contributed by atoms with E-state index in [0.29, 0.717) is 0 Å². The number of fused-ring (bicyclic) bond motifs is 3. The Morgan fingerprint density at radius 2 is 1.33 bits per heavy atom. The Hall–Kier alpha value is -5.16. The summed E-state index contributed by atoms with van der Waals surface area (Å²) in [5, 5.41) is 7.53.